The molecule has 11 heteroatoms. The predicted molar refractivity (Wildman–Crippen MR) is 156 cm³/mol. The van der Waals surface area contributed by atoms with E-state index in [-0.39, 0.29) is 22.3 Å². The van der Waals surface area contributed by atoms with Crippen molar-refractivity contribution in [2.75, 3.05) is 6.54 Å². The summed E-state index contributed by atoms with van der Waals surface area (Å²) >= 11 is 0. The second-order valence-corrected chi connectivity index (χ2v) is 16.0. The van der Waals surface area contributed by atoms with Gasteiger partial charge in [0.05, 0.1) is 11.0 Å². The molecule has 0 saturated heterocycles. The smallest absolute Gasteiger partial charge is 0.406 e. The number of ether oxygens (including phenoxy) is 1. The van der Waals surface area contributed by atoms with E-state index in [0.717, 1.165) is 62.8 Å². The van der Waals surface area contributed by atoms with Gasteiger partial charge >= 0.3 is 12.4 Å². The van der Waals surface area contributed by atoms with E-state index in [1.165, 1.54) is 19.3 Å². The zero-order valence-corrected chi connectivity index (χ0v) is 26.4. The van der Waals surface area contributed by atoms with Crippen LogP contribution in [0.4, 0.5) is 18.0 Å². The molecule has 1 aromatic carbocycles. The number of hydrogen-bond acceptors (Lipinski definition) is 5. The molecule has 5 rings (SSSR count). The van der Waals surface area contributed by atoms with Gasteiger partial charge < -0.3 is 15.2 Å². The number of aliphatic hydroxyl groups excluding tert-OH is 1. The number of urea groups is 1. The van der Waals surface area contributed by atoms with E-state index < -0.39 is 28.2 Å². The highest BCUT2D eigenvalue weighted by Crippen LogP contribution is 2.69. The summed E-state index contributed by atoms with van der Waals surface area (Å²) < 4.78 is 68.3. The summed E-state index contributed by atoms with van der Waals surface area (Å²) in [5.74, 6) is 3.29. The van der Waals surface area contributed by atoms with Crippen LogP contribution in [0.25, 0.3) is 0 Å². The molecule has 43 heavy (non-hydrogen) atoms. The number of carbonyl (C=O) groups excluding carboxylic acids is 1. The van der Waals surface area contributed by atoms with Crippen LogP contribution in [0.2, 0.25) is 0 Å². The van der Waals surface area contributed by atoms with Gasteiger partial charge in [0.2, 0.25) is 0 Å². The molecule has 0 aliphatic heterocycles. The number of fused-ring (bicyclic) bond motifs is 5. The number of nitrogens with one attached hydrogen (secondary N) is 2. The Morgan fingerprint density at radius 2 is 1.67 bits per heavy atom. The maximum Gasteiger partial charge on any atom is 0.573 e. The Morgan fingerprint density at radius 3 is 2.33 bits per heavy atom. The first kappa shape index (κ1) is 32.4. The van der Waals surface area contributed by atoms with Crippen LogP contribution >= 0.6 is 0 Å². The van der Waals surface area contributed by atoms with E-state index in [4.69, 9.17) is 0 Å². The molecular weight excluding hydrogens is 581 g/mol. The van der Waals surface area contributed by atoms with Crippen LogP contribution in [0.15, 0.2) is 29.2 Å². The van der Waals surface area contributed by atoms with Crippen molar-refractivity contribution in [3.63, 3.8) is 0 Å². The highest BCUT2D eigenvalue weighted by atomic mass is 32.2. The molecule has 0 bridgehead atoms. The van der Waals surface area contributed by atoms with Gasteiger partial charge in [-0.2, -0.15) is 0 Å². The number of hydrogen-bond donors (Lipinski definition) is 3. The fraction of sp³-hybridized carbons (Fsp3) is 0.781. The molecule has 0 aromatic heterocycles. The van der Waals surface area contributed by atoms with Crippen molar-refractivity contribution in [2.45, 2.75) is 103 Å². The zero-order valence-electron chi connectivity index (χ0n) is 25.6. The number of carbonyl (C=O) groups is 1. The summed E-state index contributed by atoms with van der Waals surface area (Å²) in [6.07, 6.45) is 4.97. The molecule has 4 saturated carbocycles. The molecule has 0 radical (unpaired) electrons. The molecule has 4 aliphatic carbocycles. The monoisotopic (exact) mass is 628 g/mol. The van der Waals surface area contributed by atoms with Crippen molar-refractivity contribution in [1.82, 2.24) is 10.0 Å². The zero-order chi connectivity index (χ0) is 31.4. The standard InChI is InChI=1S/C32H47F3N2O5S/c1-5-20-16-24-26-11-10-25(30(26,3)15-13-27(24)31(4)14-12-21(38)17-28(20)31)19(2)18-36-29(39)37-43(40,41)23-8-6-22(7-9-23)42-32(33,34)35/h6-9,19-21,24-28,38H,5,10-18H2,1-4H3,(H2,36,37,39)/t19-,20+,21-,24+,25-,26+,27+,28+,30-,31-/m1/s1. The van der Waals surface area contributed by atoms with Gasteiger partial charge in [-0.25, -0.2) is 17.9 Å². The topological polar surface area (TPSA) is 105 Å². The van der Waals surface area contributed by atoms with Crippen molar-refractivity contribution in [3.8, 4) is 5.75 Å². The maximum absolute atomic E-state index is 12.7. The Hall–Kier alpha value is -2.01. The lowest BCUT2D eigenvalue weighted by Crippen LogP contribution is -2.57. The lowest BCUT2D eigenvalue weighted by Gasteiger charge is -2.63. The second-order valence-electron chi connectivity index (χ2n) is 14.4. The van der Waals surface area contributed by atoms with Crippen molar-refractivity contribution >= 4 is 16.1 Å². The van der Waals surface area contributed by atoms with Crippen molar-refractivity contribution in [2.24, 2.45) is 52.3 Å². The van der Waals surface area contributed by atoms with Crippen LogP contribution in [0.1, 0.15) is 85.5 Å². The Labute approximate surface area is 253 Å². The Bertz CT molecular complexity index is 1270. The van der Waals surface area contributed by atoms with Crippen LogP contribution in [0, 0.1) is 52.3 Å². The molecule has 1 aromatic rings. The van der Waals surface area contributed by atoms with Gasteiger partial charge in [-0.05, 0) is 128 Å². The van der Waals surface area contributed by atoms with Crippen molar-refractivity contribution in [1.29, 1.82) is 0 Å². The number of amides is 2. The SMILES string of the molecule is CC[C@H]1C[C@@H]2[C@H](CC[C@]3(C)[C@@H]([C@H](C)CNC(=O)NS(=O)(=O)c4ccc(OC(F)(F)F)cc4)CC[C@@H]23)[C@@]2(C)CC[C@@H](O)C[C@@H]12. The second kappa shape index (κ2) is 11.7. The Balaban J connectivity index is 1.20. The average Bonchev–Trinajstić information content (AvgIpc) is 3.28. The quantitative estimate of drug-likeness (QED) is 0.306. The average molecular weight is 629 g/mol. The molecule has 0 heterocycles. The lowest BCUT2D eigenvalue weighted by atomic mass is 9.42. The van der Waals surface area contributed by atoms with Crippen LogP contribution in [-0.2, 0) is 10.0 Å². The molecule has 0 unspecified atom stereocenters. The summed E-state index contributed by atoms with van der Waals surface area (Å²) in [6.45, 7) is 9.73. The van der Waals surface area contributed by atoms with E-state index in [2.05, 4.69) is 37.7 Å². The summed E-state index contributed by atoms with van der Waals surface area (Å²) in [5.41, 5.74) is 0.464. The van der Waals surface area contributed by atoms with Gasteiger partial charge in [0.1, 0.15) is 5.75 Å². The van der Waals surface area contributed by atoms with E-state index >= 15 is 0 Å². The van der Waals surface area contributed by atoms with E-state index in [1.807, 2.05) is 4.72 Å². The van der Waals surface area contributed by atoms with Crippen LogP contribution in [0.3, 0.4) is 0 Å². The molecule has 242 valence electrons. The molecule has 7 nitrogen and oxygen atoms in total. The summed E-state index contributed by atoms with van der Waals surface area (Å²) in [5, 5.41) is 13.2. The molecule has 4 fully saturated rings. The van der Waals surface area contributed by atoms with E-state index in [1.54, 1.807) is 0 Å². The Kier molecular flexibility index (Phi) is 8.83. The number of rotatable bonds is 7. The fourth-order valence-electron chi connectivity index (χ4n) is 10.3. The highest BCUT2D eigenvalue weighted by molar-refractivity contribution is 7.90. The fourth-order valence-corrected chi connectivity index (χ4v) is 11.3. The van der Waals surface area contributed by atoms with Gasteiger partial charge in [0.15, 0.2) is 0 Å². The van der Waals surface area contributed by atoms with Crippen LogP contribution < -0.4 is 14.8 Å². The first-order chi connectivity index (χ1) is 20.1. The number of alkyl halides is 3. The lowest BCUT2D eigenvalue weighted by molar-refractivity contribution is -0.274. The minimum absolute atomic E-state index is 0.150. The highest BCUT2D eigenvalue weighted by Gasteiger charge is 2.62. The van der Waals surface area contributed by atoms with Gasteiger partial charge in [0.25, 0.3) is 10.0 Å². The minimum Gasteiger partial charge on any atom is -0.406 e. The van der Waals surface area contributed by atoms with Crippen molar-refractivity contribution < 1.29 is 36.2 Å². The number of halogens is 3. The third kappa shape index (κ3) is 6.26. The molecular formula is C32H47F3N2O5S. The summed E-state index contributed by atoms with van der Waals surface area (Å²) in [4.78, 5) is 12.3. The number of benzene rings is 1. The minimum atomic E-state index is -4.89. The van der Waals surface area contributed by atoms with Gasteiger partial charge in [-0.1, -0.05) is 34.1 Å². The first-order valence-corrected chi connectivity index (χ1v) is 17.4. The van der Waals surface area contributed by atoms with Crippen LogP contribution in [-0.4, -0.2) is 38.6 Å². The van der Waals surface area contributed by atoms with Gasteiger partial charge in [0, 0.05) is 6.54 Å². The third-order valence-corrected chi connectivity index (χ3v) is 13.6. The number of sulfonamides is 1. The van der Waals surface area contributed by atoms with Crippen molar-refractivity contribution in [3.05, 3.63) is 24.3 Å². The summed E-state index contributed by atoms with van der Waals surface area (Å²) in [7, 11) is -4.27. The molecule has 3 N–H and O–H groups in total. The van der Waals surface area contributed by atoms with E-state index in [0.29, 0.717) is 47.5 Å². The van der Waals surface area contributed by atoms with E-state index in [9.17, 15) is 31.5 Å². The van der Waals surface area contributed by atoms with Crippen LogP contribution in [0.5, 0.6) is 5.75 Å². The molecule has 0 spiro atoms. The normalized spacial score (nSPS) is 38.3. The molecule has 4 aliphatic rings. The van der Waals surface area contributed by atoms with Gasteiger partial charge in [-0.3, -0.25) is 0 Å². The largest absolute Gasteiger partial charge is 0.573 e. The summed E-state index contributed by atoms with van der Waals surface area (Å²) in [6, 6.07) is 2.84. The maximum atomic E-state index is 12.7. The Morgan fingerprint density at radius 1 is 1.02 bits per heavy atom. The first-order valence-electron chi connectivity index (χ1n) is 15.9. The predicted octanol–water partition coefficient (Wildman–Crippen LogP) is 6.87. The molecule has 10 atom stereocenters. The number of aliphatic hydroxyl groups is 1. The third-order valence-electron chi connectivity index (χ3n) is 12.3. The van der Waals surface area contributed by atoms with Gasteiger partial charge in [-0.15, -0.1) is 13.2 Å². The molecule has 2 amide bonds.